The quantitative estimate of drug-likeness (QED) is 0.363. The van der Waals surface area contributed by atoms with E-state index in [1.54, 1.807) is 18.5 Å². The molecule has 1 N–H and O–H groups in total. The summed E-state index contributed by atoms with van der Waals surface area (Å²) in [6.07, 6.45) is 4.55. The second-order valence-electron chi connectivity index (χ2n) is 7.21. The Labute approximate surface area is 188 Å². The Kier molecular flexibility index (Phi) is 5.40. The van der Waals surface area contributed by atoms with Crippen LogP contribution in [0.2, 0.25) is 5.02 Å². The van der Waals surface area contributed by atoms with Crippen molar-refractivity contribution < 1.29 is 9.53 Å². The van der Waals surface area contributed by atoms with Crippen molar-refractivity contribution in [1.82, 2.24) is 9.97 Å². The van der Waals surface area contributed by atoms with Gasteiger partial charge in [-0.3, -0.25) is 9.78 Å². The molecule has 0 spiro atoms. The lowest BCUT2D eigenvalue weighted by atomic mass is 10.1. The van der Waals surface area contributed by atoms with Crippen molar-refractivity contribution in [2.45, 2.75) is 18.9 Å². The number of anilines is 1. The lowest BCUT2D eigenvalue weighted by Gasteiger charge is -2.16. The van der Waals surface area contributed by atoms with Crippen molar-refractivity contribution >= 4 is 34.4 Å². The van der Waals surface area contributed by atoms with Crippen LogP contribution < -0.4 is 10.1 Å². The third-order valence-electron chi connectivity index (χ3n) is 5.14. The van der Waals surface area contributed by atoms with Crippen molar-refractivity contribution in [3.05, 3.63) is 99.2 Å². The molecule has 0 radical (unpaired) electrons. The first-order valence-corrected chi connectivity index (χ1v) is 11.1. The highest BCUT2D eigenvalue weighted by molar-refractivity contribution is 7.10. The number of fused-ring (bicyclic) bond motifs is 2. The van der Waals surface area contributed by atoms with Gasteiger partial charge in [-0.05, 0) is 48.4 Å². The fraction of sp³-hybridized carbons (Fsp3) is 0.125. The largest absolute Gasteiger partial charge is 0.455 e. The number of nitrogens with zero attached hydrogens (tertiary/aromatic N) is 2. The molecule has 31 heavy (non-hydrogen) atoms. The molecule has 0 aliphatic carbocycles. The van der Waals surface area contributed by atoms with Gasteiger partial charge in [0.05, 0.1) is 5.69 Å². The molecule has 0 saturated heterocycles. The van der Waals surface area contributed by atoms with E-state index in [4.69, 9.17) is 16.3 Å². The number of pyridine rings is 1. The predicted molar refractivity (Wildman–Crippen MR) is 122 cm³/mol. The standard InChI is InChI=1S/C24H18ClN3O2S/c25-16-6-8-22-18(13-16)27-23(17-3-1-2-4-21(17)30-22)24-28-19(14-31-24)20(29)7-5-15-9-11-26-12-10-15/h1-4,6,8-14,23,27H,5,7H2. The molecule has 5 nitrogen and oxygen atoms in total. The Morgan fingerprint density at radius 3 is 2.81 bits per heavy atom. The summed E-state index contributed by atoms with van der Waals surface area (Å²) in [6.45, 7) is 0. The molecule has 154 valence electrons. The first-order valence-electron chi connectivity index (χ1n) is 9.88. The molecule has 0 amide bonds. The zero-order chi connectivity index (χ0) is 21.2. The van der Waals surface area contributed by atoms with Gasteiger partial charge in [0.15, 0.2) is 11.5 Å². The van der Waals surface area contributed by atoms with Gasteiger partial charge in [-0.25, -0.2) is 4.98 Å². The first kappa shape index (κ1) is 19.7. The molecule has 0 saturated carbocycles. The number of nitrogens with one attached hydrogen (secondary N) is 1. The molecule has 4 aromatic rings. The fourth-order valence-electron chi connectivity index (χ4n) is 3.55. The van der Waals surface area contributed by atoms with Gasteiger partial charge < -0.3 is 10.1 Å². The van der Waals surface area contributed by atoms with Crippen LogP contribution >= 0.6 is 22.9 Å². The number of aryl methyl sites for hydroxylation is 1. The van der Waals surface area contributed by atoms with Crippen LogP contribution in [0, 0.1) is 0 Å². The molecule has 2 aromatic carbocycles. The van der Waals surface area contributed by atoms with Crippen molar-refractivity contribution in [3.8, 4) is 11.5 Å². The lowest BCUT2D eigenvalue weighted by molar-refractivity contribution is 0.0978. The Bertz CT molecular complexity index is 1240. The summed E-state index contributed by atoms with van der Waals surface area (Å²) in [5, 5.41) is 6.75. The number of ether oxygens (including phenoxy) is 1. The minimum absolute atomic E-state index is 0.0286. The fourth-order valence-corrected chi connectivity index (χ4v) is 4.61. The van der Waals surface area contributed by atoms with Crippen LogP contribution in [0.15, 0.2) is 72.4 Å². The van der Waals surface area contributed by atoms with E-state index in [1.807, 2.05) is 53.9 Å². The van der Waals surface area contributed by atoms with E-state index >= 15 is 0 Å². The highest BCUT2D eigenvalue weighted by Crippen LogP contribution is 2.43. The zero-order valence-electron chi connectivity index (χ0n) is 16.4. The smallest absolute Gasteiger partial charge is 0.182 e. The number of halogens is 1. The van der Waals surface area contributed by atoms with E-state index in [0.29, 0.717) is 29.3 Å². The van der Waals surface area contributed by atoms with Crippen LogP contribution in [-0.2, 0) is 6.42 Å². The normalized spacial score (nSPS) is 14.5. The van der Waals surface area contributed by atoms with Crippen LogP contribution in [0.25, 0.3) is 0 Å². The minimum atomic E-state index is -0.248. The van der Waals surface area contributed by atoms with Gasteiger partial charge in [0, 0.05) is 34.8 Å². The second kappa shape index (κ2) is 8.49. The molecule has 2 aromatic heterocycles. The van der Waals surface area contributed by atoms with Crippen LogP contribution in [0.3, 0.4) is 0 Å². The summed E-state index contributed by atoms with van der Waals surface area (Å²) in [5.74, 6) is 1.48. The van der Waals surface area contributed by atoms with Crippen molar-refractivity contribution in [2.24, 2.45) is 0 Å². The number of hydrogen-bond donors (Lipinski definition) is 1. The molecular weight excluding hydrogens is 430 g/mol. The van der Waals surface area contributed by atoms with E-state index in [9.17, 15) is 4.79 Å². The zero-order valence-corrected chi connectivity index (χ0v) is 18.0. The van der Waals surface area contributed by atoms with Crippen molar-refractivity contribution in [1.29, 1.82) is 0 Å². The number of hydrogen-bond acceptors (Lipinski definition) is 6. The molecule has 0 fully saturated rings. The van der Waals surface area contributed by atoms with Gasteiger partial charge in [-0.1, -0.05) is 29.8 Å². The van der Waals surface area contributed by atoms with Gasteiger partial charge in [0.25, 0.3) is 0 Å². The van der Waals surface area contributed by atoms with Crippen LogP contribution in [0.4, 0.5) is 5.69 Å². The molecule has 1 atom stereocenters. The maximum atomic E-state index is 12.7. The monoisotopic (exact) mass is 447 g/mol. The molecular formula is C24H18ClN3O2S. The number of rotatable bonds is 5. The summed E-state index contributed by atoms with van der Waals surface area (Å²) in [6, 6.07) is 16.9. The Balaban J connectivity index is 1.43. The summed E-state index contributed by atoms with van der Waals surface area (Å²) < 4.78 is 6.13. The van der Waals surface area contributed by atoms with Crippen LogP contribution in [0.1, 0.15) is 39.1 Å². The highest BCUT2D eigenvalue weighted by atomic mass is 35.5. The number of Topliss-reactive ketones (excluding diaryl/α,β-unsaturated/α-hetero) is 1. The van der Waals surface area contributed by atoms with Gasteiger partial charge in [-0.2, -0.15) is 0 Å². The van der Waals surface area contributed by atoms with E-state index in [-0.39, 0.29) is 11.8 Å². The number of benzene rings is 2. The SMILES string of the molecule is O=C(CCc1ccncc1)c1csc(C2Nc3cc(Cl)ccc3Oc3ccccc32)n1. The lowest BCUT2D eigenvalue weighted by Crippen LogP contribution is -2.12. The van der Waals surface area contributed by atoms with Crippen molar-refractivity contribution in [3.63, 3.8) is 0 Å². The molecule has 7 heteroatoms. The summed E-state index contributed by atoms with van der Waals surface area (Å²) >= 11 is 7.67. The molecule has 5 rings (SSSR count). The van der Waals surface area contributed by atoms with Gasteiger partial charge in [0.2, 0.25) is 0 Å². The Morgan fingerprint density at radius 2 is 1.94 bits per heavy atom. The third kappa shape index (κ3) is 4.17. The van der Waals surface area contributed by atoms with E-state index in [1.165, 1.54) is 11.3 Å². The van der Waals surface area contributed by atoms with E-state index < -0.39 is 0 Å². The van der Waals surface area contributed by atoms with Crippen LogP contribution in [-0.4, -0.2) is 15.8 Å². The Morgan fingerprint density at radius 1 is 1.10 bits per heavy atom. The maximum absolute atomic E-state index is 12.7. The predicted octanol–water partition coefficient (Wildman–Crippen LogP) is 6.31. The second-order valence-corrected chi connectivity index (χ2v) is 8.53. The topological polar surface area (TPSA) is 64.1 Å². The number of para-hydroxylation sites is 1. The molecule has 0 bridgehead atoms. The first-order chi connectivity index (χ1) is 15.2. The number of carbonyl (C=O) groups excluding carboxylic acids is 1. The highest BCUT2D eigenvalue weighted by Gasteiger charge is 2.27. The number of thiazole rings is 1. The number of carbonyl (C=O) groups is 1. The molecule has 1 unspecified atom stereocenters. The van der Waals surface area contributed by atoms with Crippen molar-refractivity contribution in [2.75, 3.05) is 5.32 Å². The van der Waals surface area contributed by atoms with Gasteiger partial charge in [0.1, 0.15) is 22.5 Å². The number of aromatic nitrogens is 2. The summed E-state index contributed by atoms with van der Waals surface area (Å²) in [4.78, 5) is 21.4. The average Bonchev–Trinajstić information content (AvgIpc) is 3.22. The third-order valence-corrected chi connectivity index (χ3v) is 6.28. The minimum Gasteiger partial charge on any atom is -0.455 e. The Hall–Kier alpha value is -3.22. The van der Waals surface area contributed by atoms with E-state index in [0.717, 1.165) is 27.6 Å². The van der Waals surface area contributed by atoms with Gasteiger partial charge in [-0.15, -0.1) is 11.3 Å². The summed E-state index contributed by atoms with van der Waals surface area (Å²) in [5.41, 5.74) is 3.32. The molecule has 1 aliphatic heterocycles. The molecule has 1 aliphatic rings. The molecule has 3 heterocycles. The number of ketones is 1. The van der Waals surface area contributed by atoms with Crippen LogP contribution in [0.5, 0.6) is 11.5 Å². The average molecular weight is 448 g/mol. The maximum Gasteiger partial charge on any atom is 0.182 e. The summed E-state index contributed by atoms with van der Waals surface area (Å²) in [7, 11) is 0. The van der Waals surface area contributed by atoms with E-state index in [2.05, 4.69) is 15.3 Å². The van der Waals surface area contributed by atoms with Gasteiger partial charge >= 0.3 is 0 Å².